The molecule has 0 heterocycles. The van der Waals surface area contributed by atoms with Gasteiger partial charge in [0.25, 0.3) is 0 Å². The molecule has 0 saturated carbocycles. The van der Waals surface area contributed by atoms with Crippen molar-refractivity contribution in [3.8, 4) is 0 Å². The summed E-state index contributed by atoms with van der Waals surface area (Å²) in [6.07, 6.45) is -0.530. The van der Waals surface area contributed by atoms with E-state index in [-0.39, 0.29) is 0 Å². The molecule has 2 aromatic rings. The van der Waals surface area contributed by atoms with E-state index in [9.17, 15) is 5.11 Å². The molecule has 94 valence electrons. The van der Waals surface area contributed by atoms with E-state index in [0.29, 0.717) is 16.5 Å². The van der Waals surface area contributed by atoms with Gasteiger partial charge in [-0.15, -0.1) is 11.8 Å². The average Bonchev–Trinajstić information content (AvgIpc) is 2.36. The molecule has 0 aliphatic heterocycles. The van der Waals surface area contributed by atoms with E-state index in [1.165, 1.54) is 0 Å². The summed E-state index contributed by atoms with van der Waals surface area (Å²) in [5.74, 6) is 0.573. The van der Waals surface area contributed by atoms with Gasteiger partial charge in [-0.1, -0.05) is 29.8 Å². The van der Waals surface area contributed by atoms with E-state index in [0.717, 1.165) is 10.5 Å². The molecule has 0 bridgehead atoms. The van der Waals surface area contributed by atoms with Crippen molar-refractivity contribution in [2.75, 3.05) is 11.5 Å². The summed E-state index contributed by atoms with van der Waals surface area (Å²) < 4.78 is 0. The second-order valence-corrected chi connectivity index (χ2v) is 5.48. The molecule has 4 heteroatoms. The Balaban J connectivity index is 1.98. The topological polar surface area (TPSA) is 46.2 Å². The Morgan fingerprint density at radius 1 is 1.17 bits per heavy atom. The number of hydrogen-bond donors (Lipinski definition) is 2. The van der Waals surface area contributed by atoms with Crippen LogP contribution in [-0.4, -0.2) is 10.9 Å². The lowest BCUT2D eigenvalue weighted by molar-refractivity contribution is 0.204. The number of hydrogen-bond acceptors (Lipinski definition) is 3. The third-order valence-electron chi connectivity index (χ3n) is 2.50. The van der Waals surface area contributed by atoms with Crippen LogP contribution in [-0.2, 0) is 0 Å². The summed E-state index contributed by atoms with van der Waals surface area (Å²) in [4.78, 5) is 1.05. The van der Waals surface area contributed by atoms with Gasteiger partial charge < -0.3 is 10.8 Å². The number of halogens is 1. The van der Waals surface area contributed by atoms with Gasteiger partial charge in [-0.05, 0) is 35.9 Å². The molecule has 3 N–H and O–H groups in total. The molecule has 1 atom stereocenters. The van der Waals surface area contributed by atoms with Crippen LogP contribution in [0.25, 0.3) is 0 Å². The highest BCUT2D eigenvalue weighted by molar-refractivity contribution is 7.99. The molecule has 2 rings (SSSR count). The van der Waals surface area contributed by atoms with Crippen LogP contribution in [0.5, 0.6) is 0 Å². The number of anilines is 1. The Bertz CT molecular complexity index is 533. The number of rotatable bonds is 4. The van der Waals surface area contributed by atoms with Crippen molar-refractivity contribution in [1.82, 2.24) is 0 Å². The van der Waals surface area contributed by atoms with E-state index in [2.05, 4.69) is 0 Å². The molecule has 0 saturated heterocycles. The Kier molecular flexibility index (Phi) is 4.53. The van der Waals surface area contributed by atoms with Gasteiger partial charge in [0, 0.05) is 21.4 Å². The van der Waals surface area contributed by atoms with Crippen LogP contribution in [0, 0.1) is 0 Å². The van der Waals surface area contributed by atoms with E-state index in [1.54, 1.807) is 23.9 Å². The van der Waals surface area contributed by atoms with E-state index in [4.69, 9.17) is 17.3 Å². The third kappa shape index (κ3) is 3.67. The number of aliphatic hydroxyl groups excluding tert-OH is 1. The first kappa shape index (κ1) is 13.3. The van der Waals surface area contributed by atoms with Crippen LogP contribution in [0.1, 0.15) is 11.7 Å². The number of benzene rings is 2. The molecular formula is C14H14ClNOS. The van der Waals surface area contributed by atoms with Gasteiger partial charge in [0.05, 0.1) is 6.10 Å². The Morgan fingerprint density at radius 2 is 1.94 bits per heavy atom. The molecule has 0 spiro atoms. The van der Waals surface area contributed by atoms with Crippen molar-refractivity contribution in [2.24, 2.45) is 0 Å². The maximum atomic E-state index is 10.1. The Labute approximate surface area is 116 Å². The van der Waals surface area contributed by atoms with Crippen molar-refractivity contribution in [3.63, 3.8) is 0 Å². The number of thioether (sulfide) groups is 1. The quantitative estimate of drug-likeness (QED) is 0.662. The monoisotopic (exact) mass is 279 g/mol. The van der Waals surface area contributed by atoms with Crippen LogP contribution < -0.4 is 5.73 Å². The molecule has 0 amide bonds. The fourth-order valence-corrected chi connectivity index (χ4v) is 2.78. The second-order valence-electron chi connectivity index (χ2n) is 3.95. The van der Waals surface area contributed by atoms with Crippen molar-refractivity contribution >= 4 is 29.1 Å². The smallest absolute Gasteiger partial charge is 0.0884 e. The first-order chi connectivity index (χ1) is 8.65. The summed E-state index contributed by atoms with van der Waals surface area (Å²) in [6.45, 7) is 0. The highest BCUT2D eigenvalue weighted by Gasteiger charge is 2.08. The molecule has 0 radical (unpaired) electrons. The summed E-state index contributed by atoms with van der Waals surface area (Å²) in [6, 6.07) is 14.9. The maximum Gasteiger partial charge on any atom is 0.0884 e. The zero-order chi connectivity index (χ0) is 13.0. The van der Waals surface area contributed by atoms with Crippen LogP contribution in [0.4, 0.5) is 5.69 Å². The number of aliphatic hydroxyl groups is 1. The normalized spacial score (nSPS) is 12.3. The predicted octanol–water partition coefficient (Wildman–Crippen LogP) is 3.75. The molecule has 0 aromatic heterocycles. The SMILES string of the molecule is Nc1cccc(C(O)CSc2cccc(Cl)c2)c1. The van der Waals surface area contributed by atoms with Gasteiger partial charge in [0.15, 0.2) is 0 Å². The minimum absolute atomic E-state index is 0.530. The summed E-state index contributed by atoms with van der Waals surface area (Å²) >= 11 is 7.47. The fraction of sp³-hybridized carbons (Fsp3) is 0.143. The van der Waals surface area contributed by atoms with Gasteiger partial charge in [0.1, 0.15) is 0 Å². The van der Waals surface area contributed by atoms with Crippen LogP contribution >= 0.6 is 23.4 Å². The van der Waals surface area contributed by atoms with E-state index < -0.39 is 6.10 Å². The van der Waals surface area contributed by atoms with Gasteiger partial charge in [-0.2, -0.15) is 0 Å². The molecule has 18 heavy (non-hydrogen) atoms. The van der Waals surface area contributed by atoms with Gasteiger partial charge in [-0.25, -0.2) is 0 Å². The third-order valence-corrected chi connectivity index (χ3v) is 3.80. The fourth-order valence-electron chi connectivity index (χ4n) is 1.59. The van der Waals surface area contributed by atoms with E-state index >= 15 is 0 Å². The standard InChI is InChI=1S/C14H14ClNOS/c15-11-4-2-6-13(8-11)18-9-14(17)10-3-1-5-12(16)7-10/h1-8,14,17H,9,16H2. The van der Waals surface area contributed by atoms with Crippen molar-refractivity contribution in [2.45, 2.75) is 11.0 Å². The summed E-state index contributed by atoms with van der Waals surface area (Å²) in [7, 11) is 0. The van der Waals surface area contributed by atoms with E-state index in [1.807, 2.05) is 36.4 Å². The van der Waals surface area contributed by atoms with Crippen molar-refractivity contribution in [1.29, 1.82) is 0 Å². The van der Waals surface area contributed by atoms with Crippen LogP contribution in [0.2, 0.25) is 5.02 Å². The first-order valence-electron chi connectivity index (χ1n) is 5.57. The number of nitrogens with two attached hydrogens (primary N) is 1. The minimum atomic E-state index is -0.530. The Morgan fingerprint density at radius 3 is 2.67 bits per heavy atom. The minimum Gasteiger partial charge on any atom is -0.399 e. The first-order valence-corrected chi connectivity index (χ1v) is 6.93. The summed E-state index contributed by atoms with van der Waals surface area (Å²) in [5, 5.41) is 10.8. The average molecular weight is 280 g/mol. The van der Waals surface area contributed by atoms with Crippen LogP contribution in [0.15, 0.2) is 53.4 Å². The lowest BCUT2D eigenvalue weighted by atomic mass is 10.1. The van der Waals surface area contributed by atoms with Crippen LogP contribution in [0.3, 0.4) is 0 Å². The lowest BCUT2D eigenvalue weighted by Gasteiger charge is -2.11. The Hall–Kier alpha value is -1.16. The molecular weight excluding hydrogens is 266 g/mol. The zero-order valence-corrected chi connectivity index (χ0v) is 11.3. The predicted molar refractivity (Wildman–Crippen MR) is 78.0 cm³/mol. The second kappa shape index (κ2) is 6.14. The largest absolute Gasteiger partial charge is 0.399 e. The molecule has 1 unspecified atom stereocenters. The molecule has 0 fully saturated rings. The number of nitrogen functional groups attached to an aromatic ring is 1. The zero-order valence-electron chi connectivity index (χ0n) is 9.71. The maximum absolute atomic E-state index is 10.1. The van der Waals surface area contributed by atoms with Gasteiger partial charge in [0.2, 0.25) is 0 Å². The van der Waals surface area contributed by atoms with Crippen molar-refractivity contribution < 1.29 is 5.11 Å². The summed E-state index contributed by atoms with van der Waals surface area (Å²) in [5.41, 5.74) is 7.19. The van der Waals surface area contributed by atoms with Crippen molar-refractivity contribution in [3.05, 3.63) is 59.1 Å². The molecule has 2 nitrogen and oxygen atoms in total. The molecule has 0 aliphatic carbocycles. The lowest BCUT2D eigenvalue weighted by Crippen LogP contribution is -2.01. The van der Waals surface area contributed by atoms with Gasteiger partial charge >= 0.3 is 0 Å². The molecule has 0 aliphatic rings. The highest BCUT2D eigenvalue weighted by atomic mass is 35.5. The molecule has 2 aromatic carbocycles. The highest BCUT2D eigenvalue weighted by Crippen LogP contribution is 2.27. The van der Waals surface area contributed by atoms with Gasteiger partial charge in [-0.3, -0.25) is 0 Å².